The second-order valence-corrected chi connectivity index (χ2v) is 15.0. The minimum Gasteiger partial charge on any atom is -0.463 e. The van der Waals surface area contributed by atoms with Crippen molar-refractivity contribution in [3.8, 4) is 11.1 Å². The Morgan fingerprint density at radius 2 is 1.69 bits per heavy atom. The van der Waals surface area contributed by atoms with E-state index in [1.165, 1.54) is 0 Å². The highest BCUT2D eigenvalue weighted by molar-refractivity contribution is 6.04. The maximum Gasteiger partial charge on any atom is 0.319 e. The van der Waals surface area contributed by atoms with E-state index in [1.807, 2.05) is 76.3 Å². The second kappa shape index (κ2) is 15.4. The maximum absolute atomic E-state index is 14.3. The van der Waals surface area contributed by atoms with Crippen molar-refractivity contribution in [2.75, 3.05) is 47.1 Å². The number of benzene rings is 2. The van der Waals surface area contributed by atoms with Gasteiger partial charge in [0.25, 0.3) is 0 Å². The molecule has 9 atom stereocenters. The number of carbonyl (C=O) groups is 2. The summed E-state index contributed by atoms with van der Waals surface area (Å²) in [6.07, 6.45) is -1.75. The lowest BCUT2D eigenvalue weighted by Crippen LogP contribution is -2.59. The van der Waals surface area contributed by atoms with Gasteiger partial charge in [-0.1, -0.05) is 50.2 Å². The number of likely N-dealkylation sites (N-methyl/N-ethyl adjacent to an activating group) is 2. The van der Waals surface area contributed by atoms with Gasteiger partial charge in [0, 0.05) is 31.3 Å². The van der Waals surface area contributed by atoms with Gasteiger partial charge in [-0.3, -0.25) is 14.5 Å². The number of rotatable bonds is 6. The molecule has 48 heavy (non-hydrogen) atoms. The van der Waals surface area contributed by atoms with E-state index in [0.717, 1.165) is 16.7 Å². The molecule has 0 bridgehead atoms. The molecule has 10 nitrogen and oxygen atoms in total. The Kier molecular flexibility index (Phi) is 12.1. The van der Waals surface area contributed by atoms with Crippen LogP contribution in [-0.4, -0.2) is 104 Å². The van der Waals surface area contributed by atoms with Gasteiger partial charge in [-0.25, -0.2) is 0 Å². The zero-order chi connectivity index (χ0) is 35.6. The van der Waals surface area contributed by atoms with Crippen molar-refractivity contribution < 1.29 is 33.6 Å². The van der Waals surface area contributed by atoms with Crippen molar-refractivity contribution in [1.82, 2.24) is 9.80 Å². The highest BCUT2D eigenvalue weighted by atomic mass is 16.7. The van der Waals surface area contributed by atoms with Gasteiger partial charge in [0.1, 0.15) is 18.1 Å². The summed E-state index contributed by atoms with van der Waals surface area (Å²) >= 11 is 0. The number of anilines is 1. The van der Waals surface area contributed by atoms with E-state index in [9.17, 15) is 14.7 Å². The topological polar surface area (TPSA) is 124 Å². The summed E-state index contributed by atoms with van der Waals surface area (Å²) < 4.78 is 25.0. The van der Waals surface area contributed by atoms with Crippen LogP contribution in [0.5, 0.6) is 0 Å². The third kappa shape index (κ3) is 8.29. The number of aliphatic hydroxyl groups excluding tert-OH is 1. The molecule has 0 amide bonds. The average Bonchev–Trinajstić information content (AvgIpc) is 3.03. The number of hydrogen-bond acceptors (Lipinski definition) is 10. The number of nitrogens with two attached hydrogens (primary N) is 1. The SMILES string of the molecule is CO[C@]1(C)C[C@@H](C)CN(C)[C@H](c2ccc(-c3cccc(N)c3)cc2)COC(=O)C(C)(C)C(=O)[C@H](C)[C@H]1O[C@@H]1O[C@H](C)C[C@H](N(C)C)[C@H]1O. The highest BCUT2D eigenvalue weighted by Crippen LogP contribution is 2.39. The lowest BCUT2D eigenvalue weighted by Gasteiger charge is -2.47. The van der Waals surface area contributed by atoms with Gasteiger partial charge in [-0.05, 0) is 96.4 Å². The van der Waals surface area contributed by atoms with Crippen molar-refractivity contribution in [1.29, 1.82) is 0 Å². The van der Waals surface area contributed by atoms with E-state index in [4.69, 9.17) is 24.7 Å². The molecule has 0 saturated carbocycles. The molecule has 3 N–H and O–H groups in total. The molecule has 266 valence electrons. The number of nitrogen functional groups attached to an aromatic ring is 1. The molecule has 2 aliphatic heterocycles. The monoisotopic (exact) mass is 667 g/mol. The zero-order valence-electron chi connectivity index (χ0n) is 30.4. The van der Waals surface area contributed by atoms with Gasteiger partial charge in [-0.2, -0.15) is 0 Å². The summed E-state index contributed by atoms with van der Waals surface area (Å²) in [6, 6.07) is 15.5. The minimum absolute atomic E-state index is 0.0810. The van der Waals surface area contributed by atoms with E-state index in [0.29, 0.717) is 25.1 Å². The predicted molar refractivity (Wildman–Crippen MR) is 187 cm³/mol. The first-order valence-electron chi connectivity index (χ1n) is 17.1. The van der Waals surface area contributed by atoms with Crippen molar-refractivity contribution in [2.45, 2.75) is 96.7 Å². The lowest BCUT2D eigenvalue weighted by molar-refractivity contribution is -0.295. The Morgan fingerprint density at radius 3 is 2.29 bits per heavy atom. The number of hydrogen-bond donors (Lipinski definition) is 2. The van der Waals surface area contributed by atoms with Crippen molar-refractivity contribution >= 4 is 17.4 Å². The minimum atomic E-state index is -1.47. The Bertz CT molecular complexity index is 1400. The van der Waals surface area contributed by atoms with Crippen LogP contribution < -0.4 is 5.73 Å². The molecule has 0 unspecified atom stereocenters. The van der Waals surface area contributed by atoms with E-state index in [-0.39, 0.29) is 36.5 Å². The Labute approximate surface area is 286 Å². The number of cyclic esters (lactones) is 1. The lowest BCUT2D eigenvalue weighted by atomic mass is 9.74. The van der Waals surface area contributed by atoms with E-state index in [2.05, 4.69) is 24.0 Å². The first-order chi connectivity index (χ1) is 22.5. The van der Waals surface area contributed by atoms with Crippen LogP contribution in [0.15, 0.2) is 48.5 Å². The number of Topliss-reactive ketones (excluding diaryl/α,β-unsaturated/α-hetero) is 1. The van der Waals surface area contributed by atoms with Gasteiger partial charge in [-0.15, -0.1) is 0 Å². The van der Waals surface area contributed by atoms with Crippen molar-refractivity contribution in [3.05, 3.63) is 54.1 Å². The second-order valence-electron chi connectivity index (χ2n) is 15.0. The number of ketones is 1. The van der Waals surface area contributed by atoms with E-state index < -0.39 is 41.4 Å². The molecule has 2 aromatic rings. The van der Waals surface area contributed by atoms with Crippen LogP contribution in [-0.2, 0) is 28.5 Å². The number of ether oxygens (including phenoxy) is 4. The number of methoxy groups -OCH3 is 1. The van der Waals surface area contributed by atoms with Gasteiger partial charge in [0.2, 0.25) is 0 Å². The normalized spacial score (nSPS) is 34.2. The molecule has 10 heteroatoms. The molecule has 2 saturated heterocycles. The first kappa shape index (κ1) is 38.0. The molecule has 0 aromatic heterocycles. The van der Waals surface area contributed by atoms with Crippen LogP contribution in [0.3, 0.4) is 0 Å². The Balaban J connectivity index is 1.68. The van der Waals surface area contributed by atoms with Crippen LogP contribution in [0.25, 0.3) is 11.1 Å². The fourth-order valence-corrected chi connectivity index (χ4v) is 7.52. The quantitative estimate of drug-likeness (QED) is 0.249. The molecular weight excluding hydrogens is 610 g/mol. The number of esters is 1. The number of carbonyl (C=O) groups excluding carboxylic acids is 2. The van der Waals surface area contributed by atoms with Crippen molar-refractivity contribution in [2.24, 2.45) is 17.3 Å². The molecular formula is C38H57N3O7. The third-order valence-electron chi connectivity index (χ3n) is 10.4. The third-order valence-corrected chi connectivity index (χ3v) is 10.4. The fraction of sp³-hybridized carbons (Fsp3) is 0.632. The summed E-state index contributed by atoms with van der Waals surface area (Å²) in [4.78, 5) is 32.2. The molecule has 2 aromatic carbocycles. The molecule has 0 radical (unpaired) electrons. The molecule has 4 rings (SSSR count). The summed E-state index contributed by atoms with van der Waals surface area (Å²) in [5.41, 5.74) is 7.32. The Hall–Kier alpha value is -2.86. The Morgan fingerprint density at radius 1 is 1.02 bits per heavy atom. The standard InChI is InChI=1S/C38H57N3O7/c1-23-20-38(6,45-10)34(48-35-32(42)30(40(7)8)18-24(2)47-35)25(3)33(43)37(4,5)36(44)46-22-31(41(9)21-23)27-16-14-26(15-17-27)28-12-11-13-29(39)19-28/h11-17,19,23-25,30-32,34-35,42H,18,20-22,39H2,1-10H3/t23-,24-,25+,30+,31+,32-,34-,35+,38-/m1/s1. The number of aliphatic hydroxyl groups is 1. The molecule has 2 aliphatic rings. The van der Waals surface area contributed by atoms with Gasteiger partial charge < -0.3 is 34.7 Å². The van der Waals surface area contributed by atoms with Gasteiger partial charge in [0.05, 0.1) is 23.9 Å². The predicted octanol–water partition coefficient (Wildman–Crippen LogP) is 4.94. The molecule has 0 spiro atoms. The van der Waals surface area contributed by atoms with Gasteiger partial charge in [0.15, 0.2) is 12.1 Å². The van der Waals surface area contributed by atoms with Crippen LogP contribution in [0.4, 0.5) is 5.69 Å². The average molecular weight is 668 g/mol. The summed E-state index contributed by atoms with van der Waals surface area (Å²) in [5.74, 6) is -1.64. The van der Waals surface area contributed by atoms with Gasteiger partial charge >= 0.3 is 5.97 Å². The van der Waals surface area contributed by atoms with E-state index in [1.54, 1.807) is 27.9 Å². The highest BCUT2D eigenvalue weighted by Gasteiger charge is 2.51. The molecule has 0 aliphatic carbocycles. The van der Waals surface area contributed by atoms with Crippen LogP contribution in [0, 0.1) is 17.3 Å². The molecule has 2 heterocycles. The van der Waals surface area contributed by atoms with Crippen LogP contribution in [0.1, 0.15) is 66.0 Å². The maximum atomic E-state index is 14.3. The summed E-state index contributed by atoms with van der Waals surface area (Å²) in [6.45, 7) is 11.7. The van der Waals surface area contributed by atoms with Crippen LogP contribution >= 0.6 is 0 Å². The molecule has 2 fully saturated rings. The van der Waals surface area contributed by atoms with Crippen molar-refractivity contribution in [3.63, 3.8) is 0 Å². The first-order valence-corrected chi connectivity index (χ1v) is 17.1. The van der Waals surface area contributed by atoms with E-state index >= 15 is 0 Å². The number of nitrogens with zero attached hydrogens (tertiary/aromatic N) is 2. The summed E-state index contributed by atoms with van der Waals surface area (Å²) in [5, 5.41) is 11.3. The zero-order valence-corrected chi connectivity index (χ0v) is 30.4. The van der Waals surface area contributed by atoms with Crippen LogP contribution in [0.2, 0.25) is 0 Å². The largest absolute Gasteiger partial charge is 0.463 e. The summed E-state index contributed by atoms with van der Waals surface area (Å²) in [7, 11) is 7.48. The smallest absolute Gasteiger partial charge is 0.319 e. The fourth-order valence-electron chi connectivity index (χ4n) is 7.52.